The van der Waals surface area contributed by atoms with E-state index in [1.165, 1.54) is 6.08 Å². The summed E-state index contributed by atoms with van der Waals surface area (Å²) in [6, 6.07) is 9.91. The van der Waals surface area contributed by atoms with E-state index in [9.17, 15) is 9.90 Å². The molecular weight excluding hydrogens is 296 g/mol. The van der Waals surface area contributed by atoms with E-state index in [1.807, 2.05) is 42.6 Å². The minimum atomic E-state index is -0.149. The third kappa shape index (κ3) is 5.09. The molecule has 2 N–H and O–H groups in total. The second kappa shape index (κ2) is 8.46. The molecular formula is C17H20N2O2S. The maximum atomic E-state index is 11.9. The van der Waals surface area contributed by atoms with E-state index in [1.54, 1.807) is 17.4 Å². The quantitative estimate of drug-likeness (QED) is 0.772. The Hall–Kier alpha value is -1.98. The summed E-state index contributed by atoms with van der Waals surface area (Å²) in [4.78, 5) is 16.2. The molecule has 4 nitrogen and oxygen atoms in total. The normalized spacial score (nSPS) is 12.5. The molecule has 22 heavy (non-hydrogen) atoms. The molecule has 1 heterocycles. The van der Waals surface area contributed by atoms with Crippen molar-refractivity contribution in [1.29, 1.82) is 0 Å². The fourth-order valence-electron chi connectivity index (χ4n) is 2.17. The van der Waals surface area contributed by atoms with Gasteiger partial charge in [0.2, 0.25) is 5.91 Å². The van der Waals surface area contributed by atoms with Gasteiger partial charge in [-0.3, -0.25) is 4.79 Å². The lowest BCUT2D eigenvalue weighted by atomic mass is 9.96. The third-order valence-electron chi connectivity index (χ3n) is 3.31. The lowest BCUT2D eigenvalue weighted by molar-refractivity contribution is -0.116. The number of thiazole rings is 1. The molecule has 0 saturated carbocycles. The first-order chi connectivity index (χ1) is 10.7. The number of aryl methyl sites for hydroxylation is 1. The Morgan fingerprint density at radius 1 is 1.41 bits per heavy atom. The minimum absolute atomic E-state index is 0.101. The average molecular weight is 316 g/mol. The van der Waals surface area contributed by atoms with Crippen LogP contribution in [0.25, 0.3) is 6.08 Å². The van der Waals surface area contributed by atoms with Crippen LogP contribution in [-0.4, -0.2) is 29.1 Å². The Morgan fingerprint density at radius 3 is 2.82 bits per heavy atom. The van der Waals surface area contributed by atoms with Crippen molar-refractivity contribution in [2.75, 3.05) is 13.2 Å². The van der Waals surface area contributed by atoms with Crippen molar-refractivity contribution in [3.8, 4) is 0 Å². The van der Waals surface area contributed by atoms with Crippen LogP contribution in [0.4, 0.5) is 0 Å². The molecule has 5 heteroatoms. The van der Waals surface area contributed by atoms with Crippen molar-refractivity contribution in [2.24, 2.45) is 0 Å². The summed E-state index contributed by atoms with van der Waals surface area (Å²) in [5.41, 5.74) is 1.92. The summed E-state index contributed by atoms with van der Waals surface area (Å²) in [6.07, 6.45) is 3.83. The Balaban J connectivity index is 1.89. The molecule has 1 aromatic heterocycles. The molecule has 2 aromatic rings. The standard InChI is InChI=1S/C17H20N2O2S/c1-13-19-16(12-22-13)7-8-17(21)18-11-15(9-10-20)14-5-3-2-4-6-14/h2-8,12,15,20H,9-11H2,1H3,(H,18,21)/b8-7+. The Morgan fingerprint density at radius 2 is 2.18 bits per heavy atom. The number of hydrogen-bond acceptors (Lipinski definition) is 4. The molecule has 1 unspecified atom stereocenters. The number of hydrogen-bond donors (Lipinski definition) is 2. The van der Waals surface area contributed by atoms with E-state index in [0.29, 0.717) is 13.0 Å². The number of nitrogens with zero attached hydrogens (tertiary/aromatic N) is 1. The number of carbonyl (C=O) groups excluding carboxylic acids is 1. The molecule has 1 atom stereocenters. The third-order valence-corrected chi connectivity index (χ3v) is 4.11. The van der Waals surface area contributed by atoms with Gasteiger partial charge < -0.3 is 10.4 Å². The fraction of sp³-hybridized carbons (Fsp3) is 0.294. The number of carbonyl (C=O) groups is 1. The van der Waals surface area contributed by atoms with Gasteiger partial charge in [-0.25, -0.2) is 4.98 Å². The summed E-state index contributed by atoms with van der Waals surface area (Å²) in [6.45, 7) is 2.54. The molecule has 1 aromatic carbocycles. The van der Waals surface area contributed by atoms with Crippen LogP contribution in [0.2, 0.25) is 0 Å². The van der Waals surface area contributed by atoms with Crippen LogP contribution >= 0.6 is 11.3 Å². The number of aliphatic hydroxyl groups is 1. The number of aliphatic hydroxyl groups excluding tert-OH is 1. The molecule has 0 aliphatic rings. The second-order valence-electron chi connectivity index (χ2n) is 4.99. The van der Waals surface area contributed by atoms with E-state index in [2.05, 4.69) is 10.3 Å². The Kier molecular flexibility index (Phi) is 6.30. The first kappa shape index (κ1) is 16.4. The average Bonchev–Trinajstić information content (AvgIpc) is 2.96. The van der Waals surface area contributed by atoms with E-state index in [-0.39, 0.29) is 18.4 Å². The SMILES string of the molecule is Cc1nc(/C=C/C(=O)NCC(CCO)c2ccccc2)cs1. The van der Waals surface area contributed by atoms with Gasteiger partial charge in [-0.2, -0.15) is 0 Å². The molecule has 0 spiro atoms. The van der Waals surface area contributed by atoms with Crippen molar-refractivity contribution in [3.63, 3.8) is 0 Å². The zero-order valence-corrected chi connectivity index (χ0v) is 13.3. The highest BCUT2D eigenvalue weighted by molar-refractivity contribution is 7.09. The highest BCUT2D eigenvalue weighted by atomic mass is 32.1. The summed E-state index contributed by atoms with van der Waals surface area (Å²) >= 11 is 1.56. The first-order valence-electron chi connectivity index (χ1n) is 7.23. The Bertz CT molecular complexity index is 623. The molecule has 0 aliphatic carbocycles. The lowest BCUT2D eigenvalue weighted by Gasteiger charge is -2.16. The van der Waals surface area contributed by atoms with E-state index >= 15 is 0 Å². The van der Waals surface area contributed by atoms with Gasteiger partial charge >= 0.3 is 0 Å². The van der Waals surface area contributed by atoms with Crippen molar-refractivity contribution in [2.45, 2.75) is 19.3 Å². The Labute approximate surface area is 134 Å². The summed E-state index contributed by atoms with van der Waals surface area (Å²) in [7, 11) is 0. The van der Waals surface area contributed by atoms with Crippen LogP contribution in [0.1, 0.15) is 28.6 Å². The number of nitrogens with one attached hydrogen (secondary N) is 1. The van der Waals surface area contributed by atoms with Crippen LogP contribution in [0.15, 0.2) is 41.8 Å². The number of rotatable bonds is 7. The van der Waals surface area contributed by atoms with Crippen LogP contribution in [0.3, 0.4) is 0 Å². The van der Waals surface area contributed by atoms with E-state index in [4.69, 9.17) is 0 Å². The highest BCUT2D eigenvalue weighted by Crippen LogP contribution is 2.18. The van der Waals surface area contributed by atoms with Crippen LogP contribution in [0, 0.1) is 6.92 Å². The van der Waals surface area contributed by atoms with Crippen LogP contribution in [0.5, 0.6) is 0 Å². The predicted octanol–water partition coefficient (Wildman–Crippen LogP) is 2.75. The summed E-state index contributed by atoms with van der Waals surface area (Å²) in [5, 5.41) is 15.0. The van der Waals surface area contributed by atoms with Crippen molar-refractivity contribution >= 4 is 23.3 Å². The summed E-state index contributed by atoms with van der Waals surface area (Å²) in [5.74, 6) is -0.0328. The number of benzene rings is 1. The number of amides is 1. The monoisotopic (exact) mass is 316 g/mol. The first-order valence-corrected chi connectivity index (χ1v) is 8.11. The molecule has 0 saturated heterocycles. The van der Waals surface area contributed by atoms with Gasteiger partial charge in [-0.15, -0.1) is 11.3 Å². The number of aromatic nitrogens is 1. The summed E-state index contributed by atoms with van der Waals surface area (Å²) < 4.78 is 0. The molecule has 116 valence electrons. The highest BCUT2D eigenvalue weighted by Gasteiger charge is 2.11. The maximum absolute atomic E-state index is 11.9. The molecule has 2 rings (SSSR count). The predicted molar refractivity (Wildman–Crippen MR) is 89.8 cm³/mol. The topological polar surface area (TPSA) is 62.2 Å². The van der Waals surface area contributed by atoms with Crippen LogP contribution < -0.4 is 5.32 Å². The van der Waals surface area contributed by atoms with Gasteiger partial charge in [0, 0.05) is 30.5 Å². The van der Waals surface area contributed by atoms with Gasteiger partial charge in [0.05, 0.1) is 10.7 Å². The molecule has 0 aliphatic heterocycles. The zero-order chi connectivity index (χ0) is 15.8. The molecule has 0 bridgehead atoms. The van der Waals surface area contributed by atoms with Gasteiger partial charge in [0.15, 0.2) is 0 Å². The van der Waals surface area contributed by atoms with Crippen molar-refractivity contribution in [3.05, 3.63) is 58.1 Å². The fourth-order valence-corrected chi connectivity index (χ4v) is 2.75. The van der Waals surface area contributed by atoms with Gasteiger partial charge in [0.25, 0.3) is 0 Å². The van der Waals surface area contributed by atoms with Gasteiger partial charge in [-0.1, -0.05) is 30.3 Å². The lowest BCUT2D eigenvalue weighted by Crippen LogP contribution is -2.27. The molecule has 0 fully saturated rings. The van der Waals surface area contributed by atoms with Crippen LogP contribution in [-0.2, 0) is 4.79 Å². The molecule has 0 radical (unpaired) electrons. The van der Waals surface area contributed by atoms with E-state index in [0.717, 1.165) is 16.3 Å². The van der Waals surface area contributed by atoms with Crippen molar-refractivity contribution in [1.82, 2.24) is 10.3 Å². The second-order valence-corrected chi connectivity index (χ2v) is 6.05. The molecule has 1 amide bonds. The minimum Gasteiger partial charge on any atom is -0.396 e. The zero-order valence-electron chi connectivity index (χ0n) is 12.5. The van der Waals surface area contributed by atoms with Gasteiger partial charge in [0.1, 0.15) is 0 Å². The smallest absolute Gasteiger partial charge is 0.244 e. The maximum Gasteiger partial charge on any atom is 0.244 e. The van der Waals surface area contributed by atoms with Crippen molar-refractivity contribution < 1.29 is 9.90 Å². The van der Waals surface area contributed by atoms with Gasteiger partial charge in [-0.05, 0) is 25.0 Å². The largest absolute Gasteiger partial charge is 0.396 e. The van der Waals surface area contributed by atoms with E-state index < -0.39 is 0 Å².